The number of carboxylic acid groups (broad SMARTS) is 1. The number of carbonyl (C=O) groups is 2. The number of hydrazone groups is 1. The summed E-state index contributed by atoms with van der Waals surface area (Å²) in [4.78, 5) is 21.4. The molecule has 0 heterocycles. The molecule has 0 aliphatic rings. The van der Waals surface area contributed by atoms with E-state index in [0.29, 0.717) is 0 Å². The molecule has 0 aromatic heterocycles. The largest absolute Gasteiger partial charge is 0.476 e. The van der Waals surface area contributed by atoms with Crippen molar-refractivity contribution in [3.8, 4) is 0 Å². The van der Waals surface area contributed by atoms with Crippen molar-refractivity contribution >= 4 is 17.7 Å². The fourth-order valence-corrected chi connectivity index (χ4v) is 0.522. The standard InChI is InChI=1S/C7H12N2O4/c1-7(2,3)13-6(12)4(9-8)5(10)11/h8H2,1-3H3,(H,10,11). The average Bonchev–Trinajstić information content (AvgIpc) is 1.82. The topological polar surface area (TPSA) is 102 Å². The molecule has 0 aliphatic heterocycles. The second-order valence-electron chi connectivity index (χ2n) is 3.28. The van der Waals surface area contributed by atoms with Crippen molar-refractivity contribution in [3.63, 3.8) is 0 Å². The molecular formula is C7H12N2O4. The summed E-state index contributed by atoms with van der Waals surface area (Å²) in [6.45, 7) is 4.84. The van der Waals surface area contributed by atoms with Crippen LogP contribution in [0.2, 0.25) is 0 Å². The highest BCUT2D eigenvalue weighted by Gasteiger charge is 2.25. The van der Waals surface area contributed by atoms with Crippen LogP contribution in [-0.4, -0.2) is 28.4 Å². The van der Waals surface area contributed by atoms with Crippen LogP contribution in [0.25, 0.3) is 0 Å². The van der Waals surface area contributed by atoms with E-state index < -0.39 is 23.3 Å². The van der Waals surface area contributed by atoms with Crippen LogP contribution in [0, 0.1) is 0 Å². The van der Waals surface area contributed by atoms with Gasteiger partial charge in [-0.15, -0.1) is 0 Å². The summed E-state index contributed by atoms with van der Waals surface area (Å²) in [7, 11) is 0. The summed E-state index contributed by atoms with van der Waals surface area (Å²) in [6, 6.07) is 0. The quantitative estimate of drug-likeness (QED) is 0.204. The third-order valence-electron chi connectivity index (χ3n) is 0.924. The van der Waals surface area contributed by atoms with Gasteiger partial charge in [-0.05, 0) is 20.8 Å². The molecule has 0 radical (unpaired) electrons. The summed E-state index contributed by atoms with van der Waals surface area (Å²) >= 11 is 0. The molecule has 74 valence electrons. The Morgan fingerprint density at radius 2 is 1.85 bits per heavy atom. The summed E-state index contributed by atoms with van der Waals surface area (Å²) in [5, 5.41) is 11.2. The number of nitrogens with zero attached hydrogens (tertiary/aromatic N) is 1. The Balaban J connectivity index is 4.52. The van der Waals surface area contributed by atoms with Gasteiger partial charge >= 0.3 is 11.9 Å². The van der Waals surface area contributed by atoms with Crippen molar-refractivity contribution in [3.05, 3.63) is 0 Å². The SMILES string of the molecule is CC(C)(C)OC(=O)C(=NN)C(=O)O. The first kappa shape index (κ1) is 11.4. The van der Waals surface area contributed by atoms with Gasteiger partial charge in [0.25, 0.3) is 5.71 Å². The maximum atomic E-state index is 11.0. The zero-order chi connectivity index (χ0) is 10.6. The number of ether oxygens (including phenoxy) is 1. The highest BCUT2D eigenvalue weighted by Crippen LogP contribution is 2.07. The number of esters is 1. The van der Waals surface area contributed by atoms with Gasteiger partial charge in [-0.25, -0.2) is 9.59 Å². The fourth-order valence-electron chi connectivity index (χ4n) is 0.522. The molecule has 0 saturated heterocycles. The lowest BCUT2D eigenvalue weighted by molar-refractivity contribution is -0.147. The Hall–Kier alpha value is -1.59. The summed E-state index contributed by atoms with van der Waals surface area (Å²) in [5.74, 6) is 2.16. The number of carbonyl (C=O) groups excluding carboxylic acids is 1. The molecule has 6 nitrogen and oxygen atoms in total. The second kappa shape index (κ2) is 3.88. The Morgan fingerprint density at radius 3 is 2.08 bits per heavy atom. The third kappa shape index (κ3) is 4.09. The van der Waals surface area contributed by atoms with Crippen molar-refractivity contribution in [1.82, 2.24) is 0 Å². The summed E-state index contributed by atoms with van der Waals surface area (Å²) in [5.41, 5.74) is -1.57. The molecular weight excluding hydrogens is 176 g/mol. The van der Waals surface area contributed by atoms with Gasteiger partial charge in [-0.2, -0.15) is 5.10 Å². The number of nitrogens with two attached hydrogens (primary N) is 1. The molecule has 0 amide bonds. The van der Waals surface area contributed by atoms with Gasteiger partial charge in [0.15, 0.2) is 0 Å². The first-order chi connectivity index (χ1) is 5.78. The maximum Gasteiger partial charge on any atom is 0.366 e. The van der Waals surface area contributed by atoms with Crippen LogP contribution in [0.15, 0.2) is 5.10 Å². The molecule has 0 aromatic rings. The first-order valence-electron chi connectivity index (χ1n) is 3.52. The van der Waals surface area contributed by atoms with Crippen LogP contribution >= 0.6 is 0 Å². The number of aliphatic carboxylic acids is 1. The van der Waals surface area contributed by atoms with Crippen LogP contribution in [0.5, 0.6) is 0 Å². The number of carboxylic acids is 1. The lowest BCUT2D eigenvalue weighted by Gasteiger charge is -2.18. The van der Waals surface area contributed by atoms with Crippen LogP contribution in [0.4, 0.5) is 0 Å². The molecule has 0 spiro atoms. The molecule has 0 rings (SSSR count). The van der Waals surface area contributed by atoms with E-state index in [0.717, 1.165) is 0 Å². The van der Waals surface area contributed by atoms with Crippen LogP contribution in [0.3, 0.4) is 0 Å². The normalized spacial score (nSPS) is 12.4. The predicted octanol–water partition coefficient (Wildman–Crippen LogP) is -0.273. The zero-order valence-corrected chi connectivity index (χ0v) is 7.70. The molecule has 0 atom stereocenters. The van der Waals surface area contributed by atoms with Crippen molar-refractivity contribution in [1.29, 1.82) is 0 Å². The van der Waals surface area contributed by atoms with Gasteiger partial charge in [0, 0.05) is 0 Å². The summed E-state index contributed by atoms with van der Waals surface area (Å²) < 4.78 is 4.72. The van der Waals surface area contributed by atoms with Crippen molar-refractivity contribution in [2.45, 2.75) is 26.4 Å². The van der Waals surface area contributed by atoms with Gasteiger partial charge in [0.2, 0.25) is 0 Å². The summed E-state index contributed by atoms with van der Waals surface area (Å²) in [6.07, 6.45) is 0. The number of rotatable bonds is 2. The molecule has 13 heavy (non-hydrogen) atoms. The lowest BCUT2D eigenvalue weighted by atomic mass is 10.2. The number of hydrogen-bond donors (Lipinski definition) is 2. The van der Waals surface area contributed by atoms with E-state index in [-0.39, 0.29) is 0 Å². The van der Waals surface area contributed by atoms with Crippen molar-refractivity contribution in [2.24, 2.45) is 10.9 Å². The predicted molar refractivity (Wildman–Crippen MR) is 45.1 cm³/mol. The molecule has 6 heteroatoms. The van der Waals surface area contributed by atoms with Crippen LogP contribution in [-0.2, 0) is 14.3 Å². The van der Waals surface area contributed by atoms with E-state index in [2.05, 4.69) is 5.10 Å². The smallest absolute Gasteiger partial charge is 0.366 e. The van der Waals surface area contributed by atoms with Crippen LogP contribution < -0.4 is 5.84 Å². The lowest BCUT2D eigenvalue weighted by Crippen LogP contribution is -2.33. The van der Waals surface area contributed by atoms with Crippen molar-refractivity contribution < 1.29 is 19.4 Å². The van der Waals surface area contributed by atoms with E-state index in [1.165, 1.54) is 0 Å². The van der Waals surface area contributed by atoms with E-state index in [4.69, 9.17) is 15.7 Å². The zero-order valence-electron chi connectivity index (χ0n) is 7.70. The Morgan fingerprint density at radius 1 is 1.38 bits per heavy atom. The minimum absolute atomic E-state index is 0.761. The molecule has 3 N–H and O–H groups in total. The molecule has 0 unspecified atom stereocenters. The van der Waals surface area contributed by atoms with E-state index in [9.17, 15) is 9.59 Å². The van der Waals surface area contributed by atoms with E-state index in [1.807, 2.05) is 0 Å². The molecule has 0 bridgehead atoms. The maximum absolute atomic E-state index is 11.0. The van der Waals surface area contributed by atoms with E-state index in [1.54, 1.807) is 20.8 Å². The highest BCUT2D eigenvalue weighted by molar-refractivity contribution is 6.62. The molecule has 0 fully saturated rings. The van der Waals surface area contributed by atoms with Crippen LogP contribution in [0.1, 0.15) is 20.8 Å². The molecule has 0 saturated carbocycles. The van der Waals surface area contributed by atoms with Crippen molar-refractivity contribution in [2.75, 3.05) is 0 Å². The second-order valence-corrected chi connectivity index (χ2v) is 3.28. The Kier molecular flexibility index (Phi) is 3.41. The highest BCUT2D eigenvalue weighted by atomic mass is 16.6. The molecule has 0 aromatic carbocycles. The van der Waals surface area contributed by atoms with Gasteiger partial charge < -0.3 is 15.7 Å². The minimum atomic E-state index is -1.50. The minimum Gasteiger partial charge on any atom is -0.476 e. The van der Waals surface area contributed by atoms with Gasteiger partial charge in [0.05, 0.1) is 0 Å². The average molecular weight is 188 g/mol. The van der Waals surface area contributed by atoms with Gasteiger partial charge in [-0.1, -0.05) is 0 Å². The van der Waals surface area contributed by atoms with E-state index >= 15 is 0 Å². The fraction of sp³-hybridized carbons (Fsp3) is 0.571. The molecule has 0 aliphatic carbocycles. The Bertz CT molecular complexity index is 252. The number of hydrogen-bond acceptors (Lipinski definition) is 5. The van der Waals surface area contributed by atoms with Gasteiger partial charge in [-0.3, -0.25) is 0 Å². The monoisotopic (exact) mass is 188 g/mol. The Labute approximate surface area is 75.4 Å². The first-order valence-corrected chi connectivity index (χ1v) is 3.52. The van der Waals surface area contributed by atoms with Gasteiger partial charge in [0.1, 0.15) is 5.60 Å². The third-order valence-corrected chi connectivity index (χ3v) is 0.924.